The van der Waals surface area contributed by atoms with Gasteiger partial charge in [0.15, 0.2) is 0 Å². The number of sulfonamides is 1. The van der Waals surface area contributed by atoms with E-state index in [4.69, 9.17) is 16.3 Å². The zero-order valence-electron chi connectivity index (χ0n) is 23.7. The second-order valence-electron chi connectivity index (χ2n) is 12.6. The number of aryl methyl sites for hydroxylation is 1. The van der Waals surface area contributed by atoms with Crippen molar-refractivity contribution in [2.45, 2.75) is 75.1 Å². The van der Waals surface area contributed by atoms with Crippen molar-refractivity contribution in [2.75, 3.05) is 24.6 Å². The Morgan fingerprint density at radius 1 is 1.20 bits per heavy atom. The highest BCUT2D eigenvalue weighted by Crippen LogP contribution is 2.47. The lowest BCUT2D eigenvalue weighted by Crippen LogP contribution is -2.49. The summed E-state index contributed by atoms with van der Waals surface area (Å²) in [6.07, 6.45) is 8.28. The van der Waals surface area contributed by atoms with Crippen molar-refractivity contribution in [2.24, 2.45) is 11.8 Å². The highest BCUT2D eigenvalue weighted by Gasteiger charge is 2.45. The molecule has 2 aromatic carbocycles. The predicted octanol–water partition coefficient (Wildman–Crippen LogP) is 5.39. The quantitative estimate of drug-likeness (QED) is 0.428. The van der Waals surface area contributed by atoms with E-state index in [1.165, 1.54) is 11.1 Å². The van der Waals surface area contributed by atoms with Gasteiger partial charge in [-0.1, -0.05) is 36.7 Å². The molecule has 0 saturated heterocycles. The molecule has 2 heterocycles. The number of ether oxygens (including phenoxy) is 1. The summed E-state index contributed by atoms with van der Waals surface area (Å²) in [5.41, 5.74) is 3.32. The second kappa shape index (κ2) is 10.6. The van der Waals surface area contributed by atoms with Crippen LogP contribution in [-0.2, 0) is 21.9 Å². The van der Waals surface area contributed by atoms with Crippen LogP contribution in [0.15, 0.2) is 48.6 Å². The van der Waals surface area contributed by atoms with Crippen LogP contribution in [0.25, 0.3) is 0 Å². The van der Waals surface area contributed by atoms with Crippen molar-refractivity contribution in [1.29, 1.82) is 0 Å². The zero-order chi connectivity index (χ0) is 29.0. The fourth-order valence-electron chi connectivity index (χ4n) is 7.16. The van der Waals surface area contributed by atoms with Gasteiger partial charge in [0, 0.05) is 29.1 Å². The standard InChI is InChI=1S/C32H39ClN2O5S/c1-3-31(2)14-5-7-28(36)25-11-8-23(25)18-35-19-32(15-4-6-21-16-24(33)10-12-26(21)32)20-40-29-13-9-22(17-27(29)35)30(37)34-41(31,38)39/h5,7,9-10,12-13,16-17,23,25,28,36H,3-4,6,8,11,14-15,18-20H2,1-2H3,(H,34,37)/b7-5+/t23-,25+,28-,31+,32-/m0/s1. The number of benzene rings is 2. The largest absolute Gasteiger partial charge is 0.490 e. The van der Waals surface area contributed by atoms with E-state index in [-0.39, 0.29) is 29.2 Å². The smallest absolute Gasteiger partial charge is 0.264 e. The number of aliphatic hydroxyl groups is 1. The van der Waals surface area contributed by atoms with Gasteiger partial charge < -0.3 is 14.7 Å². The van der Waals surface area contributed by atoms with Gasteiger partial charge in [-0.3, -0.25) is 4.79 Å². The van der Waals surface area contributed by atoms with Crippen LogP contribution in [0, 0.1) is 11.8 Å². The maximum Gasteiger partial charge on any atom is 0.264 e. The number of hydrogen-bond acceptors (Lipinski definition) is 6. The molecule has 1 amide bonds. The molecule has 7 nitrogen and oxygen atoms in total. The Bertz CT molecular complexity index is 1490. The van der Waals surface area contributed by atoms with Crippen molar-refractivity contribution in [3.63, 3.8) is 0 Å². The number of carbonyl (C=O) groups excluding carboxylic acids is 1. The normalized spacial score (nSPS) is 33.5. The number of anilines is 1. The molecule has 2 aliphatic heterocycles. The lowest BCUT2D eigenvalue weighted by molar-refractivity contribution is 0.0456. The number of rotatable bonds is 1. The Kier molecular flexibility index (Phi) is 7.40. The second-order valence-corrected chi connectivity index (χ2v) is 15.3. The molecular formula is C32H39ClN2O5S. The number of fused-ring (bicyclic) bond motifs is 4. The number of aliphatic hydroxyl groups excluding tert-OH is 1. The average molecular weight is 599 g/mol. The van der Waals surface area contributed by atoms with Crippen LogP contribution in [0.2, 0.25) is 5.02 Å². The molecule has 2 aromatic rings. The van der Waals surface area contributed by atoms with Crippen LogP contribution in [-0.4, -0.2) is 50.0 Å². The van der Waals surface area contributed by atoms with Crippen molar-refractivity contribution in [3.05, 3.63) is 70.3 Å². The Labute approximate surface area is 248 Å². The average Bonchev–Trinajstić information content (AvgIpc) is 3.07. The molecule has 0 unspecified atom stereocenters. The fraction of sp³-hybridized carbons (Fsp3) is 0.531. The molecule has 1 fully saturated rings. The molecule has 9 heteroatoms. The predicted molar refractivity (Wildman–Crippen MR) is 161 cm³/mol. The van der Waals surface area contributed by atoms with E-state index in [2.05, 4.69) is 21.8 Å². The molecular weight excluding hydrogens is 560 g/mol. The van der Waals surface area contributed by atoms with Crippen molar-refractivity contribution in [1.82, 2.24) is 4.72 Å². The monoisotopic (exact) mass is 598 g/mol. The van der Waals surface area contributed by atoms with Crippen molar-refractivity contribution >= 4 is 33.2 Å². The Morgan fingerprint density at radius 2 is 2.02 bits per heavy atom. The number of hydrogen-bond donors (Lipinski definition) is 2. The van der Waals surface area contributed by atoms with Crippen LogP contribution < -0.4 is 14.4 Å². The molecule has 5 atom stereocenters. The molecule has 2 bridgehead atoms. The van der Waals surface area contributed by atoms with Gasteiger partial charge in [-0.05, 0) is 105 Å². The summed E-state index contributed by atoms with van der Waals surface area (Å²) in [7, 11) is -4.01. The van der Waals surface area contributed by atoms with Gasteiger partial charge in [-0.2, -0.15) is 0 Å². The number of allylic oxidation sites excluding steroid dienone is 1. The number of nitrogens with one attached hydrogen (secondary N) is 1. The van der Waals surface area contributed by atoms with Gasteiger partial charge in [0.05, 0.1) is 23.1 Å². The molecule has 2 aliphatic carbocycles. The summed E-state index contributed by atoms with van der Waals surface area (Å²) < 4.78 is 34.5. The minimum atomic E-state index is -4.01. The lowest BCUT2D eigenvalue weighted by Gasteiger charge is -2.45. The Hall–Kier alpha value is -2.55. The highest BCUT2D eigenvalue weighted by atomic mass is 35.5. The van der Waals surface area contributed by atoms with Gasteiger partial charge in [-0.25, -0.2) is 13.1 Å². The maximum atomic E-state index is 13.4. The Morgan fingerprint density at radius 3 is 2.78 bits per heavy atom. The molecule has 1 saturated carbocycles. The summed E-state index contributed by atoms with van der Waals surface area (Å²) >= 11 is 6.38. The number of amides is 1. The van der Waals surface area contributed by atoms with E-state index < -0.39 is 26.8 Å². The van der Waals surface area contributed by atoms with Crippen LogP contribution in [0.5, 0.6) is 5.75 Å². The van der Waals surface area contributed by atoms with Crippen molar-refractivity contribution < 1.29 is 23.1 Å². The first-order valence-corrected chi connectivity index (χ1v) is 16.6. The first-order valence-electron chi connectivity index (χ1n) is 14.8. The molecule has 6 rings (SSSR count). The SMILES string of the molecule is CC[C@]1(C)C/C=C/[C@H](O)[C@@H]2CC[C@H]2CN2C[C@@]3(CCCc4cc(Cl)ccc43)COc3ccc(cc32)C(=O)NS1(=O)=O. The van der Waals surface area contributed by atoms with E-state index in [1.807, 2.05) is 6.07 Å². The first-order chi connectivity index (χ1) is 19.5. The third kappa shape index (κ3) is 5.06. The van der Waals surface area contributed by atoms with Crippen LogP contribution in [0.4, 0.5) is 5.69 Å². The van der Waals surface area contributed by atoms with Gasteiger partial charge in [0.2, 0.25) is 10.0 Å². The third-order valence-electron chi connectivity index (χ3n) is 10.2. The topological polar surface area (TPSA) is 95.9 Å². The lowest BCUT2D eigenvalue weighted by atomic mass is 9.68. The van der Waals surface area contributed by atoms with Gasteiger partial charge in [0.25, 0.3) is 5.91 Å². The highest BCUT2D eigenvalue weighted by molar-refractivity contribution is 7.91. The molecule has 2 N–H and O–H groups in total. The summed E-state index contributed by atoms with van der Waals surface area (Å²) in [5, 5.41) is 11.9. The summed E-state index contributed by atoms with van der Waals surface area (Å²) in [6, 6.07) is 11.4. The summed E-state index contributed by atoms with van der Waals surface area (Å²) in [6.45, 7) is 5.35. The van der Waals surface area contributed by atoms with E-state index in [9.17, 15) is 18.3 Å². The van der Waals surface area contributed by atoms with E-state index in [0.717, 1.165) is 42.8 Å². The van der Waals surface area contributed by atoms with Gasteiger partial charge >= 0.3 is 0 Å². The molecule has 0 aromatic heterocycles. The number of carbonyl (C=O) groups is 1. The zero-order valence-corrected chi connectivity index (χ0v) is 25.3. The first kappa shape index (κ1) is 28.6. The fourth-order valence-corrected chi connectivity index (χ4v) is 8.66. The molecule has 0 radical (unpaired) electrons. The summed E-state index contributed by atoms with van der Waals surface area (Å²) in [4.78, 5) is 15.7. The third-order valence-corrected chi connectivity index (χ3v) is 12.6. The number of nitrogens with zero attached hydrogens (tertiary/aromatic N) is 1. The van der Waals surface area contributed by atoms with Gasteiger partial charge in [-0.15, -0.1) is 0 Å². The van der Waals surface area contributed by atoms with Gasteiger partial charge in [0.1, 0.15) is 5.75 Å². The Balaban J connectivity index is 1.44. The van der Waals surface area contributed by atoms with Crippen LogP contribution in [0.1, 0.15) is 73.9 Å². The van der Waals surface area contributed by atoms with Crippen LogP contribution >= 0.6 is 11.6 Å². The molecule has 4 aliphatic rings. The van der Waals surface area contributed by atoms with E-state index in [1.54, 1.807) is 44.2 Å². The summed E-state index contributed by atoms with van der Waals surface area (Å²) in [5.74, 6) is 0.380. The van der Waals surface area contributed by atoms with Crippen LogP contribution in [0.3, 0.4) is 0 Å². The van der Waals surface area contributed by atoms with E-state index in [0.29, 0.717) is 31.9 Å². The minimum absolute atomic E-state index is 0.0878. The molecule has 220 valence electrons. The maximum absolute atomic E-state index is 13.4. The number of halogens is 1. The molecule has 1 spiro atoms. The van der Waals surface area contributed by atoms with Crippen molar-refractivity contribution in [3.8, 4) is 5.75 Å². The van der Waals surface area contributed by atoms with E-state index >= 15 is 0 Å². The molecule has 41 heavy (non-hydrogen) atoms. The minimum Gasteiger partial charge on any atom is -0.490 e.